The number of piperidine rings is 1. The van der Waals surface area contributed by atoms with Crippen molar-refractivity contribution in [3.05, 3.63) is 73.9 Å². The Bertz CT molecular complexity index is 1330. The molecule has 0 amide bonds. The number of halogens is 1. The van der Waals surface area contributed by atoms with Crippen LogP contribution in [-0.4, -0.2) is 27.3 Å². The highest BCUT2D eigenvalue weighted by Crippen LogP contribution is 2.34. The summed E-state index contributed by atoms with van der Waals surface area (Å²) in [4.78, 5) is 16.2. The molecular weight excluding hydrogens is 488 g/mol. The first-order chi connectivity index (χ1) is 16.2. The highest BCUT2D eigenvalue weighted by atomic mass is 35.5. The van der Waals surface area contributed by atoms with E-state index in [-0.39, 0.29) is 27.8 Å². The quantitative estimate of drug-likeness (QED) is 0.362. The Hall–Kier alpha value is -2.35. The Morgan fingerprint density at radius 2 is 1.76 bits per heavy atom. The third-order valence-electron chi connectivity index (χ3n) is 6.39. The number of hydrogen-bond acceptors (Lipinski definition) is 5. The van der Waals surface area contributed by atoms with Gasteiger partial charge in [-0.15, -0.1) is 11.3 Å². The number of hydrogen-bond donors (Lipinski definition) is 1. The van der Waals surface area contributed by atoms with Crippen LogP contribution in [0.4, 0.5) is 11.4 Å². The molecule has 0 aliphatic carbocycles. The number of Topliss-reactive ketones (excluding diaryl/α,β-unsaturated/α-hetero) is 1. The minimum atomic E-state index is -3.92. The van der Waals surface area contributed by atoms with Gasteiger partial charge in [0.2, 0.25) is 0 Å². The number of carbonyl (C=O) groups excluding carboxylic acids is 1. The van der Waals surface area contributed by atoms with Crippen molar-refractivity contribution in [1.29, 1.82) is 0 Å². The molecule has 8 heteroatoms. The zero-order valence-corrected chi connectivity index (χ0v) is 22.0. The minimum absolute atomic E-state index is 0.0161. The van der Waals surface area contributed by atoms with E-state index in [9.17, 15) is 13.2 Å². The van der Waals surface area contributed by atoms with Crippen molar-refractivity contribution in [1.82, 2.24) is 0 Å². The van der Waals surface area contributed by atoms with Gasteiger partial charge in [0.15, 0.2) is 5.78 Å². The van der Waals surface area contributed by atoms with Crippen molar-refractivity contribution in [2.24, 2.45) is 0 Å². The summed E-state index contributed by atoms with van der Waals surface area (Å²) >= 11 is 7.34. The summed E-state index contributed by atoms with van der Waals surface area (Å²) in [6, 6.07) is 10.0. The first kappa shape index (κ1) is 24.8. The Labute approximate surface area is 210 Å². The fourth-order valence-corrected chi connectivity index (χ4v) is 7.25. The van der Waals surface area contributed by atoms with Crippen LogP contribution >= 0.6 is 22.9 Å². The SMILES string of the molecule is Cc1cc(C)c(N2CCCCC2)c(C)c1CC(=O)c1sccc1NS(=O)(=O)c1ccccc1Cl. The van der Waals surface area contributed by atoms with Crippen LogP contribution in [0.2, 0.25) is 5.02 Å². The standard InChI is InChI=1S/C26H29ClN2O3S2/c1-17-15-18(2)25(29-12-7-4-8-13-29)19(3)20(17)16-23(30)26-22(11-14-33-26)28-34(31,32)24-10-6-5-9-21(24)27/h5-6,9-11,14-15,28H,4,7-8,12-13,16H2,1-3H3. The summed E-state index contributed by atoms with van der Waals surface area (Å²) in [6.07, 6.45) is 3.85. The van der Waals surface area contributed by atoms with E-state index in [2.05, 4.69) is 29.5 Å². The summed E-state index contributed by atoms with van der Waals surface area (Å²) < 4.78 is 28.4. The first-order valence-corrected chi connectivity index (χ1v) is 14.2. The average molecular weight is 517 g/mol. The van der Waals surface area contributed by atoms with Gasteiger partial charge < -0.3 is 4.90 Å². The maximum atomic E-state index is 13.4. The number of nitrogens with one attached hydrogen (secondary N) is 1. The molecule has 0 spiro atoms. The Morgan fingerprint density at radius 1 is 1.06 bits per heavy atom. The number of ketones is 1. The van der Waals surface area contributed by atoms with E-state index in [1.54, 1.807) is 23.6 Å². The predicted molar refractivity (Wildman–Crippen MR) is 141 cm³/mol. The van der Waals surface area contributed by atoms with Crippen LogP contribution < -0.4 is 9.62 Å². The van der Waals surface area contributed by atoms with Gasteiger partial charge in [-0.25, -0.2) is 8.42 Å². The lowest BCUT2D eigenvalue weighted by Crippen LogP contribution is -2.31. The van der Waals surface area contributed by atoms with Crippen LogP contribution in [-0.2, 0) is 16.4 Å². The van der Waals surface area contributed by atoms with Crippen LogP contribution in [0, 0.1) is 20.8 Å². The summed E-state index contributed by atoms with van der Waals surface area (Å²) in [6.45, 7) is 8.35. The molecule has 1 aromatic heterocycles. The first-order valence-electron chi connectivity index (χ1n) is 11.4. The van der Waals surface area contributed by atoms with Gasteiger partial charge in [-0.05, 0) is 85.9 Å². The molecule has 180 valence electrons. The molecule has 2 heterocycles. The van der Waals surface area contributed by atoms with E-state index in [1.165, 1.54) is 54.0 Å². The molecule has 0 bridgehead atoms. The second-order valence-corrected chi connectivity index (χ2v) is 11.8. The normalized spacial score (nSPS) is 14.3. The molecule has 3 aromatic rings. The van der Waals surface area contributed by atoms with E-state index in [4.69, 9.17) is 11.6 Å². The zero-order chi connectivity index (χ0) is 24.5. The van der Waals surface area contributed by atoms with E-state index in [0.29, 0.717) is 4.88 Å². The van der Waals surface area contributed by atoms with Crippen molar-refractivity contribution in [3.8, 4) is 0 Å². The van der Waals surface area contributed by atoms with Gasteiger partial charge in [0, 0.05) is 25.2 Å². The van der Waals surface area contributed by atoms with Gasteiger partial charge in [-0.3, -0.25) is 9.52 Å². The van der Waals surface area contributed by atoms with E-state index in [1.807, 2.05) is 6.92 Å². The van der Waals surface area contributed by atoms with E-state index in [0.717, 1.165) is 29.8 Å². The van der Waals surface area contributed by atoms with Crippen molar-refractivity contribution >= 4 is 50.1 Å². The molecule has 0 unspecified atom stereocenters. The molecule has 1 fully saturated rings. The summed E-state index contributed by atoms with van der Waals surface area (Å²) in [5.74, 6) is -0.105. The predicted octanol–water partition coefficient (Wildman–Crippen LogP) is 6.54. The molecular formula is C26H29ClN2O3S2. The third kappa shape index (κ3) is 5.02. The number of benzene rings is 2. The number of sulfonamides is 1. The van der Waals surface area contributed by atoms with E-state index >= 15 is 0 Å². The van der Waals surface area contributed by atoms with Crippen molar-refractivity contribution in [2.45, 2.75) is 51.3 Å². The second-order valence-electron chi connectivity index (χ2n) is 8.81. The van der Waals surface area contributed by atoms with Gasteiger partial charge in [-0.2, -0.15) is 0 Å². The minimum Gasteiger partial charge on any atom is -0.371 e. The van der Waals surface area contributed by atoms with Gasteiger partial charge in [0.25, 0.3) is 10.0 Å². The maximum absolute atomic E-state index is 13.4. The van der Waals surface area contributed by atoms with Crippen LogP contribution in [0.25, 0.3) is 0 Å². The molecule has 0 saturated carbocycles. The van der Waals surface area contributed by atoms with Crippen LogP contribution in [0.5, 0.6) is 0 Å². The third-order valence-corrected chi connectivity index (χ3v) is 9.21. The fourth-order valence-electron chi connectivity index (χ4n) is 4.80. The van der Waals surface area contributed by atoms with Gasteiger partial charge >= 0.3 is 0 Å². The number of carbonyl (C=O) groups is 1. The maximum Gasteiger partial charge on any atom is 0.263 e. The summed E-state index contributed by atoms with van der Waals surface area (Å²) in [7, 11) is -3.92. The fraction of sp³-hybridized carbons (Fsp3) is 0.346. The van der Waals surface area contributed by atoms with Crippen molar-refractivity contribution < 1.29 is 13.2 Å². The monoisotopic (exact) mass is 516 g/mol. The van der Waals surface area contributed by atoms with Crippen molar-refractivity contribution in [3.63, 3.8) is 0 Å². The number of rotatable bonds is 7. The number of anilines is 2. The summed E-state index contributed by atoms with van der Waals surface area (Å²) in [5.41, 5.74) is 6.00. The molecule has 34 heavy (non-hydrogen) atoms. The molecule has 1 aliphatic heterocycles. The summed E-state index contributed by atoms with van der Waals surface area (Å²) in [5, 5.41) is 1.86. The molecule has 1 saturated heterocycles. The lowest BCUT2D eigenvalue weighted by molar-refractivity contribution is 0.0997. The second kappa shape index (κ2) is 10.1. The molecule has 2 aromatic carbocycles. The van der Waals surface area contributed by atoms with Crippen molar-refractivity contribution in [2.75, 3.05) is 22.7 Å². The van der Waals surface area contributed by atoms with Gasteiger partial charge in [0.05, 0.1) is 15.6 Å². The molecule has 4 rings (SSSR count). The zero-order valence-electron chi connectivity index (χ0n) is 19.7. The lowest BCUT2D eigenvalue weighted by Gasteiger charge is -2.33. The largest absolute Gasteiger partial charge is 0.371 e. The Balaban J connectivity index is 1.62. The molecule has 1 N–H and O–H groups in total. The lowest BCUT2D eigenvalue weighted by atomic mass is 9.92. The number of aryl methyl sites for hydroxylation is 2. The molecule has 5 nitrogen and oxygen atoms in total. The molecule has 1 aliphatic rings. The highest BCUT2D eigenvalue weighted by molar-refractivity contribution is 7.92. The molecule has 0 radical (unpaired) electrons. The van der Waals surface area contributed by atoms with Crippen LogP contribution in [0.1, 0.15) is 51.2 Å². The van der Waals surface area contributed by atoms with Gasteiger partial charge in [0.1, 0.15) is 4.90 Å². The van der Waals surface area contributed by atoms with Crippen LogP contribution in [0.15, 0.2) is 46.7 Å². The topological polar surface area (TPSA) is 66.5 Å². The highest BCUT2D eigenvalue weighted by Gasteiger charge is 2.24. The Morgan fingerprint density at radius 3 is 2.47 bits per heavy atom. The van der Waals surface area contributed by atoms with Gasteiger partial charge in [-0.1, -0.05) is 29.8 Å². The average Bonchev–Trinajstić information content (AvgIpc) is 3.25. The molecule has 0 atom stereocenters. The number of nitrogens with zero attached hydrogens (tertiary/aromatic N) is 1. The van der Waals surface area contributed by atoms with Crippen LogP contribution in [0.3, 0.4) is 0 Å². The Kier molecular flexibility index (Phi) is 7.36. The number of thiophene rings is 1. The smallest absolute Gasteiger partial charge is 0.263 e. The van der Waals surface area contributed by atoms with E-state index < -0.39 is 10.0 Å².